The molecule has 3 nitrogen and oxygen atoms in total. The molecule has 16 heavy (non-hydrogen) atoms. The number of nitrogens with two attached hydrogens (primary N) is 1. The fraction of sp³-hybridized carbons (Fsp3) is 0.333. The predicted molar refractivity (Wildman–Crippen MR) is 70.0 cm³/mol. The van der Waals surface area contributed by atoms with E-state index in [9.17, 15) is 0 Å². The molecule has 0 aliphatic carbocycles. The number of hydrogen-bond donors (Lipinski definition) is 1. The molecule has 0 fully saturated rings. The quantitative estimate of drug-likeness (QED) is 0.905. The Bertz CT molecular complexity index is 378. The van der Waals surface area contributed by atoms with Gasteiger partial charge in [0.15, 0.2) is 11.5 Å². The Kier molecular flexibility index (Phi) is 5.35. The molecule has 1 aromatic rings. The third-order valence-electron chi connectivity index (χ3n) is 2.13. The Hall–Kier alpha value is -1.00. The fourth-order valence-corrected chi connectivity index (χ4v) is 1.76. The van der Waals surface area contributed by atoms with E-state index in [2.05, 4.69) is 15.9 Å². The summed E-state index contributed by atoms with van der Waals surface area (Å²) in [4.78, 5) is 0. The summed E-state index contributed by atoms with van der Waals surface area (Å²) < 4.78 is 11.4. The Morgan fingerprint density at radius 3 is 2.44 bits per heavy atom. The maximum Gasteiger partial charge on any atom is 0.161 e. The van der Waals surface area contributed by atoms with Crippen LogP contribution in [-0.2, 0) is 0 Å². The van der Waals surface area contributed by atoms with Gasteiger partial charge in [-0.05, 0) is 30.7 Å². The predicted octanol–water partition coefficient (Wildman–Crippen LogP) is 2.83. The molecule has 0 aliphatic heterocycles. The summed E-state index contributed by atoms with van der Waals surface area (Å²) in [5.41, 5.74) is 6.47. The highest BCUT2D eigenvalue weighted by Crippen LogP contribution is 2.33. The number of rotatable bonds is 5. The van der Waals surface area contributed by atoms with Gasteiger partial charge in [0.2, 0.25) is 0 Å². The lowest BCUT2D eigenvalue weighted by Gasteiger charge is -2.09. The van der Waals surface area contributed by atoms with Crippen LogP contribution in [-0.4, -0.2) is 20.8 Å². The molecule has 0 unspecified atom stereocenters. The highest BCUT2D eigenvalue weighted by atomic mass is 79.9. The van der Waals surface area contributed by atoms with E-state index in [1.807, 2.05) is 24.3 Å². The van der Waals surface area contributed by atoms with Crippen molar-refractivity contribution in [1.29, 1.82) is 0 Å². The van der Waals surface area contributed by atoms with E-state index in [0.29, 0.717) is 12.3 Å². The van der Waals surface area contributed by atoms with Gasteiger partial charge in [0.25, 0.3) is 0 Å². The first-order chi connectivity index (χ1) is 7.72. The van der Waals surface area contributed by atoms with Gasteiger partial charge in [-0.3, -0.25) is 0 Å². The molecule has 0 amide bonds. The lowest BCUT2D eigenvalue weighted by atomic mass is 10.1. The highest BCUT2D eigenvalue weighted by molar-refractivity contribution is 9.10. The van der Waals surface area contributed by atoms with Crippen molar-refractivity contribution in [2.45, 2.75) is 6.42 Å². The number of hydrogen-bond acceptors (Lipinski definition) is 3. The fourth-order valence-electron chi connectivity index (χ4n) is 1.30. The van der Waals surface area contributed by atoms with Crippen molar-refractivity contribution in [2.24, 2.45) is 5.73 Å². The molecule has 0 saturated carbocycles. The molecule has 2 N–H and O–H groups in total. The van der Waals surface area contributed by atoms with Crippen molar-refractivity contribution in [2.75, 3.05) is 20.8 Å². The number of benzene rings is 1. The maximum atomic E-state index is 5.42. The van der Waals surface area contributed by atoms with Crippen LogP contribution in [0.5, 0.6) is 11.5 Å². The summed E-state index contributed by atoms with van der Waals surface area (Å²) in [6.07, 6.45) is 4.91. The Balaban J connectivity index is 3.01. The molecule has 0 saturated heterocycles. The van der Waals surface area contributed by atoms with Gasteiger partial charge >= 0.3 is 0 Å². The molecule has 0 heterocycles. The molecule has 0 bridgehead atoms. The number of halogens is 1. The van der Waals surface area contributed by atoms with Crippen LogP contribution in [0, 0.1) is 0 Å². The number of methoxy groups -OCH3 is 2. The second-order valence-corrected chi connectivity index (χ2v) is 4.06. The third-order valence-corrected chi connectivity index (χ3v) is 2.82. The van der Waals surface area contributed by atoms with Crippen LogP contribution in [0.4, 0.5) is 0 Å². The summed E-state index contributed by atoms with van der Waals surface area (Å²) in [6, 6.07) is 3.82. The van der Waals surface area contributed by atoms with Crippen molar-refractivity contribution >= 4 is 22.0 Å². The first kappa shape index (κ1) is 13.1. The van der Waals surface area contributed by atoms with E-state index in [1.165, 1.54) is 0 Å². The molecule has 0 radical (unpaired) electrons. The van der Waals surface area contributed by atoms with Crippen LogP contribution in [0.1, 0.15) is 12.0 Å². The zero-order chi connectivity index (χ0) is 12.0. The average Bonchev–Trinajstić information content (AvgIpc) is 2.31. The largest absolute Gasteiger partial charge is 0.493 e. The average molecular weight is 286 g/mol. The van der Waals surface area contributed by atoms with E-state index in [-0.39, 0.29) is 0 Å². The zero-order valence-corrected chi connectivity index (χ0v) is 11.1. The van der Waals surface area contributed by atoms with E-state index < -0.39 is 0 Å². The SMILES string of the molecule is COc1cc(Br)c(C=CCCN)cc1OC. The summed E-state index contributed by atoms with van der Waals surface area (Å²) >= 11 is 3.49. The molecule has 0 atom stereocenters. The van der Waals surface area contributed by atoms with Crippen molar-refractivity contribution < 1.29 is 9.47 Å². The molecular formula is C12H16BrNO2. The molecule has 0 aliphatic rings. The van der Waals surface area contributed by atoms with Crippen molar-refractivity contribution in [3.05, 3.63) is 28.2 Å². The van der Waals surface area contributed by atoms with Crippen molar-refractivity contribution in [3.8, 4) is 11.5 Å². The van der Waals surface area contributed by atoms with Crippen LogP contribution in [0.15, 0.2) is 22.7 Å². The molecular weight excluding hydrogens is 270 g/mol. The summed E-state index contributed by atoms with van der Waals surface area (Å²) in [5.74, 6) is 1.43. The monoisotopic (exact) mass is 285 g/mol. The first-order valence-electron chi connectivity index (χ1n) is 5.01. The smallest absolute Gasteiger partial charge is 0.161 e. The number of ether oxygens (including phenoxy) is 2. The Morgan fingerprint density at radius 2 is 1.88 bits per heavy atom. The second-order valence-electron chi connectivity index (χ2n) is 3.21. The van der Waals surface area contributed by atoms with Gasteiger partial charge in [0, 0.05) is 4.47 Å². The van der Waals surface area contributed by atoms with E-state index in [0.717, 1.165) is 22.2 Å². The van der Waals surface area contributed by atoms with Gasteiger partial charge in [-0.15, -0.1) is 0 Å². The van der Waals surface area contributed by atoms with Gasteiger partial charge in [0.1, 0.15) is 0 Å². The van der Waals surface area contributed by atoms with Gasteiger partial charge in [-0.2, -0.15) is 0 Å². The Morgan fingerprint density at radius 1 is 1.25 bits per heavy atom. The zero-order valence-electron chi connectivity index (χ0n) is 9.50. The lowest BCUT2D eigenvalue weighted by Crippen LogP contribution is -1.95. The summed E-state index contributed by atoms with van der Waals surface area (Å²) in [5, 5.41) is 0. The lowest BCUT2D eigenvalue weighted by molar-refractivity contribution is 0.354. The third kappa shape index (κ3) is 3.25. The van der Waals surface area contributed by atoms with Gasteiger partial charge < -0.3 is 15.2 Å². The second kappa shape index (κ2) is 6.55. The summed E-state index contributed by atoms with van der Waals surface area (Å²) in [7, 11) is 3.24. The standard InChI is InChI=1S/C12H16BrNO2/c1-15-11-7-9(5-3-4-6-14)10(13)8-12(11)16-2/h3,5,7-8H,4,6,14H2,1-2H3. The van der Waals surface area contributed by atoms with Crippen LogP contribution in [0.3, 0.4) is 0 Å². The minimum Gasteiger partial charge on any atom is -0.493 e. The molecule has 1 aromatic carbocycles. The molecule has 0 aromatic heterocycles. The van der Waals surface area contributed by atoms with Crippen molar-refractivity contribution in [1.82, 2.24) is 0 Å². The van der Waals surface area contributed by atoms with E-state index >= 15 is 0 Å². The minimum absolute atomic E-state index is 0.654. The van der Waals surface area contributed by atoms with Crippen LogP contribution in [0.25, 0.3) is 6.08 Å². The summed E-state index contributed by atoms with van der Waals surface area (Å²) in [6.45, 7) is 0.654. The van der Waals surface area contributed by atoms with Gasteiger partial charge in [0.05, 0.1) is 14.2 Å². The molecule has 1 rings (SSSR count). The topological polar surface area (TPSA) is 44.5 Å². The maximum absolute atomic E-state index is 5.42. The van der Waals surface area contributed by atoms with Gasteiger partial charge in [-0.25, -0.2) is 0 Å². The molecule has 4 heteroatoms. The molecule has 0 spiro atoms. The first-order valence-corrected chi connectivity index (χ1v) is 5.80. The van der Waals surface area contributed by atoms with E-state index in [1.54, 1.807) is 14.2 Å². The van der Waals surface area contributed by atoms with Gasteiger partial charge in [-0.1, -0.05) is 28.1 Å². The highest BCUT2D eigenvalue weighted by Gasteiger charge is 2.07. The van der Waals surface area contributed by atoms with Crippen molar-refractivity contribution in [3.63, 3.8) is 0 Å². The Labute approximate surface area is 104 Å². The van der Waals surface area contributed by atoms with E-state index in [4.69, 9.17) is 15.2 Å². The van der Waals surface area contributed by atoms with Crippen LogP contribution in [0.2, 0.25) is 0 Å². The normalized spacial score (nSPS) is 10.8. The minimum atomic E-state index is 0.654. The van der Waals surface area contributed by atoms with Crippen LogP contribution >= 0.6 is 15.9 Å². The van der Waals surface area contributed by atoms with Crippen LogP contribution < -0.4 is 15.2 Å². The molecule has 88 valence electrons.